The van der Waals surface area contributed by atoms with Crippen molar-refractivity contribution in [2.24, 2.45) is 0 Å². The largest absolute Gasteiger partial charge is 0.466 e. The van der Waals surface area contributed by atoms with E-state index in [4.69, 9.17) is 4.74 Å². The van der Waals surface area contributed by atoms with Gasteiger partial charge in [0.15, 0.2) is 0 Å². The van der Waals surface area contributed by atoms with Gasteiger partial charge in [-0.2, -0.15) is 0 Å². The number of aliphatic hydroxyl groups excluding tert-OH is 2. The van der Waals surface area contributed by atoms with Crippen molar-refractivity contribution in [2.75, 3.05) is 6.61 Å². The van der Waals surface area contributed by atoms with Crippen LogP contribution < -0.4 is 0 Å². The van der Waals surface area contributed by atoms with Gasteiger partial charge < -0.3 is 14.9 Å². The number of hydrogen-bond donors (Lipinski definition) is 2. The molecule has 0 aromatic carbocycles. The van der Waals surface area contributed by atoms with E-state index < -0.39 is 12.2 Å². The molecule has 0 fully saturated rings. The predicted octanol–water partition coefficient (Wildman–Crippen LogP) is 5.19. The SMILES string of the molecule is CC/C=C/CC(O)/C=C/C=C/C=C/C(O)C/C=C/CCCCCC(=O)OCC. The Labute approximate surface area is 171 Å². The van der Waals surface area contributed by atoms with Gasteiger partial charge in [-0.3, -0.25) is 4.79 Å². The molecule has 0 aliphatic carbocycles. The van der Waals surface area contributed by atoms with Crippen molar-refractivity contribution >= 4 is 5.97 Å². The molecule has 0 aromatic heterocycles. The summed E-state index contributed by atoms with van der Waals surface area (Å²) < 4.78 is 4.89. The summed E-state index contributed by atoms with van der Waals surface area (Å²) in [5.74, 6) is -0.113. The lowest BCUT2D eigenvalue weighted by molar-refractivity contribution is -0.143. The Bertz CT molecular complexity index is 515. The van der Waals surface area contributed by atoms with Gasteiger partial charge in [-0.25, -0.2) is 0 Å². The Morgan fingerprint density at radius 1 is 0.821 bits per heavy atom. The number of hydrogen-bond acceptors (Lipinski definition) is 4. The lowest BCUT2D eigenvalue weighted by atomic mass is 10.1. The van der Waals surface area contributed by atoms with Crippen LogP contribution >= 0.6 is 0 Å². The molecule has 0 spiro atoms. The van der Waals surface area contributed by atoms with E-state index in [1.54, 1.807) is 12.2 Å². The Kier molecular flexibility index (Phi) is 18.5. The Morgan fingerprint density at radius 2 is 1.43 bits per heavy atom. The summed E-state index contributed by atoms with van der Waals surface area (Å²) >= 11 is 0. The summed E-state index contributed by atoms with van der Waals surface area (Å²) in [5, 5.41) is 19.6. The maximum Gasteiger partial charge on any atom is 0.305 e. The van der Waals surface area contributed by atoms with Crippen molar-refractivity contribution in [1.82, 2.24) is 0 Å². The van der Waals surface area contributed by atoms with Crippen LogP contribution in [0.25, 0.3) is 0 Å². The monoisotopic (exact) mass is 390 g/mol. The fraction of sp³-hybridized carbons (Fsp3) is 0.542. The van der Waals surface area contributed by atoms with Gasteiger partial charge in [-0.1, -0.05) is 74.1 Å². The molecule has 0 bridgehead atoms. The lowest BCUT2D eigenvalue weighted by Gasteiger charge is -2.01. The predicted molar refractivity (Wildman–Crippen MR) is 117 cm³/mol. The molecule has 158 valence electrons. The number of ether oxygens (including phenoxy) is 1. The first-order valence-corrected chi connectivity index (χ1v) is 10.4. The molecule has 0 amide bonds. The second-order valence-electron chi connectivity index (χ2n) is 6.52. The molecule has 0 radical (unpaired) electrons. The minimum absolute atomic E-state index is 0.113. The highest BCUT2D eigenvalue weighted by atomic mass is 16.5. The maximum absolute atomic E-state index is 11.2. The average molecular weight is 391 g/mol. The minimum Gasteiger partial charge on any atom is -0.466 e. The second-order valence-corrected chi connectivity index (χ2v) is 6.52. The van der Waals surface area contributed by atoms with Gasteiger partial charge in [0.1, 0.15) is 0 Å². The zero-order valence-electron chi connectivity index (χ0n) is 17.5. The first-order chi connectivity index (χ1) is 13.6. The molecule has 0 saturated heterocycles. The molecule has 2 N–H and O–H groups in total. The summed E-state index contributed by atoms with van der Waals surface area (Å²) in [6.45, 7) is 4.33. The maximum atomic E-state index is 11.2. The van der Waals surface area contributed by atoms with E-state index in [9.17, 15) is 15.0 Å². The van der Waals surface area contributed by atoms with Crippen LogP contribution in [0.3, 0.4) is 0 Å². The highest BCUT2D eigenvalue weighted by Gasteiger charge is 2.00. The van der Waals surface area contributed by atoms with Crippen LogP contribution in [0.1, 0.15) is 65.2 Å². The third-order valence-electron chi connectivity index (χ3n) is 3.88. The Balaban J connectivity index is 3.76. The third-order valence-corrected chi connectivity index (χ3v) is 3.88. The number of carbonyl (C=O) groups excluding carboxylic acids is 1. The van der Waals surface area contributed by atoms with Crippen molar-refractivity contribution in [3.05, 3.63) is 60.8 Å². The van der Waals surface area contributed by atoms with E-state index in [1.165, 1.54) is 0 Å². The molecule has 0 aromatic rings. The number of allylic oxidation sites excluding steroid dienone is 6. The molecule has 4 nitrogen and oxygen atoms in total. The first-order valence-electron chi connectivity index (χ1n) is 10.4. The van der Waals surface area contributed by atoms with Crippen molar-refractivity contribution in [3.63, 3.8) is 0 Å². The highest BCUT2D eigenvalue weighted by molar-refractivity contribution is 5.69. The topological polar surface area (TPSA) is 66.8 Å². The standard InChI is InChI=1S/C24H38O4/c1-3-5-12-17-22(25)19-14-10-11-15-20-23(26)18-13-8-6-7-9-16-21-24(27)28-4-2/h5,8,10-15,19-20,22-23,25-26H,3-4,6-7,9,16-18,21H2,1-2H3/b11-10+,12-5+,13-8+,19-14+,20-15+. The van der Waals surface area contributed by atoms with Crippen LogP contribution in [0, 0.1) is 0 Å². The molecule has 0 saturated carbocycles. The molecule has 2 unspecified atom stereocenters. The van der Waals surface area contributed by atoms with Gasteiger partial charge in [-0.05, 0) is 45.4 Å². The molecule has 28 heavy (non-hydrogen) atoms. The van der Waals surface area contributed by atoms with E-state index in [1.807, 2.05) is 49.5 Å². The summed E-state index contributed by atoms with van der Waals surface area (Å²) in [5.41, 5.74) is 0. The van der Waals surface area contributed by atoms with Gasteiger partial charge in [0.2, 0.25) is 0 Å². The van der Waals surface area contributed by atoms with Gasteiger partial charge in [0, 0.05) is 6.42 Å². The molecular formula is C24H38O4. The first kappa shape index (κ1) is 26.1. The zero-order chi connectivity index (χ0) is 20.9. The average Bonchev–Trinajstić information content (AvgIpc) is 2.67. The van der Waals surface area contributed by atoms with Crippen molar-refractivity contribution in [1.29, 1.82) is 0 Å². The van der Waals surface area contributed by atoms with Crippen LogP contribution in [-0.4, -0.2) is 35.0 Å². The fourth-order valence-corrected chi connectivity index (χ4v) is 2.37. The molecule has 4 heteroatoms. The summed E-state index contributed by atoms with van der Waals surface area (Å²) in [6, 6.07) is 0. The molecule has 0 rings (SSSR count). The second kappa shape index (κ2) is 19.8. The molecule has 0 aliphatic heterocycles. The van der Waals surface area contributed by atoms with E-state index >= 15 is 0 Å². The normalized spacial score (nSPS) is 14.9. The lowest BCUT2D eigenvalue weighted by Crippen LogP contribution is -2.02. The highest BCUT2D eigenvalue weighted by Crippen LogP contribution is 2.06. The fourth-order valence-electron chi connectivity index (χ4n) is 2.37. The molecule has 2 atom stereocenters. The van der Waals surface area contributed by atoms with Crippen LogP contribution in [0.4, 0.5) is 0 Å². The molecular weight excluding hydrogens is 352 g/mol. The van der Waals surface area contributed by atoms with Crippen molar-refractivity contribution in [2.45, 2.75) is 77.4 Å². The Morgan fingerprint density at radius 3 is 2.00 bits per heavy atom. The van der Waals surface area contributed by atoms with Crippen LogP contribution in [0.5, 0.6) is 0 Å². The van der Waals surface area contributed by atoms with Crippen LogP contribution in [0.15, 0.2) is 60.8 Å². The molecule has 0 aliphatic rings. The number of rotatable bonds is 16. The number of unbranched alkanes of at least 4 members (excludes halogenated alkanes) is 3. The minimum atomic E-state index is -0.501. The smallest absolute Gasteiger partial charge is 0.305 e. The van der Waals surface area contributed by atoms with Gasteiger partial charge in [0.05, 0.1) is 18.8 Å². The summed E-state index contributed by atoms with van der Waals surface area (Å²) in [6.07, 6.45) is 24.5. The van der Waals surface area contributed by atoms with Gasteiger partial charge in [-0.15, -0.1) is 0 Å². The van der Waals surface area contributed by atoms with Gasteiger partial charge in [0.25, 0.3) is 0 Å². The van der Waals surface area contributed by atoms with Gasteiger partial charge >= 0.3 is 5.97 Å². The quantitative estimate of drug-likeness (QED) is 0.165. The summed E-state index contributed by atoms with van der Waals surface area (Å²) in [7, 11) is 0. The number of aliphatic hydroxyl groups is 2. The van der Waals surface area contributed by atoms with Crippen molar-refractivity contribution < 1.29 is 19.7 Å². The van der Waals surface area contributed by atoms with E-state index in [-0.39, 0.29) is 5.97 Å². The van der Waals surface area contributed by atoms with Crippen LogP contribution in [0.2, 0.25) is 0 Å². The number of esters is 1. The third kappa shape index (κ3) is 18.9. The van der Waals surface area contributed by atoms with E-state index in [0.29, 0.717) is 25.9 Å². The van der Waals surface area contributed by atoms with Crippen molar-refractivity contribution in [3.8, 4) is 0 Å². The zero-order valence-corrected chi connectivity index (χ0v) is 17.5. The Hall–Kier alpha value is -1.91. The van der Waals surface area contributed by atoms with E-state index in [2.05, 4.69) is 13.0 Å². The van der Waals surface area contributed by atoms with Crippen LogP contribution in [-0.2, 0) is 9.53 Å². The summed E-state index contributed by atoms with van der Waals surface area (Å²) in [4.78, 5) is 11.2. The molecule has 0 heterocycles. The number of carbonyl (C=O) groups is 1. The van der Waals surface area contributed by atoms with E-state index in [0.717, 1.165) is 32.1 Å².